The average molecular weight is 566 g/mol. The highest BCUT2D eigenvalue weighted by atomic mass is 16.5. The predicted octanol–water partition coefficient (Wildman–Crippen LogP) is 4.82. The molecule has 1 aromatic heterocycles. The van der Waals surface area contributed by atoms with Crippen LogP contribution in [0.3, 0.4) is 0 Å². The summed E-state index contributed by atoms with van der Waals surface area (Å²) in [6, 6.07) is 4.83. The van der Waals surface area contributed by atoms with Gasteiger partial charge in [0.2, 0.25) is 17.8 Å². The van der Waals surface area contributed by atoms with Crippen LogP contribution in [0.5, 0.6) is 5.75 Å². The summed E-state index contributed by atoms with van der Waals surface area (Å²) < 4.78 is 5.41. The zero-order valence-corrected chi connectivity index (χ0v) is 25.5. The largest absolute Gasteiger partial charge is 0.495 e. The molecule has 0 bridgehead atoms. The van der Waals surface area contributed by atoms with Gasteiger partial charge in [0.25, 0.3) is 0 Å². The highest BCUT2D eigenvalue weighted by molar-refractivity contribution is 6.04. The number of nitrogens with zero attached hydrogens (tertiary/aromatic N) is 5. The molecule has 0 radical (unpaired) electrons. The molecule has 4 atom stereocenters. The Labute approximate surface area is 244 Å². The number of carbonyl (C=O) groups excluding carboxylic acids is 2. The number of carbonyl (C=O) groups is 2. The first-order valence-electron chi connectivity index (χ1n) is 15.1. The van der Waals surface area contributed by atoms with Crippen molar-refractivity contribution in [3.63, 3.8) is 0 Å². The van der Waals surface area contributed by atoms with Gasteiger partial charge in [-0.25, -0.2) is 4.98 Å². The number of primary amides is 1. The minimum absolute atomic E-state index is 0.0579. The molecule has 3 aliphatic rings. The van der Waals surface area contributed by atoms with E-state index in [1.807, 2.05) is 6.92 Å². The smallest absolute Gasteiger partial charge is 0.249 e. The molecule has 2 amide bonds. The summed E-state index contributed by atoms with van der Waals surface area (Å²) in [7, 11) is 5.53. The lowest BCUT2D eigenvalue weighted by Gasteiger charge is -2.44. The number of fused-ring (bicyclic) bond motifs is 2. The number of rotatable bonds is 9. The maximum Gasteiger partial charge on any atom is 0.249 e. The average Bonchev–Trinajstić information content (AvgIpc) is 3.55. The Hall–Kier alpha value is -3.40. The van der Waals surface area contributed by atoms with Gasteiger partial charge in [-0.1, -0.05) is 33.6 Å². The van der Waals surface area contributed by atoms with Gasteiger partial charge in [-0.2, -0.15) is 4.98 Å². The van der Waals surface area contributed by atoms with Crippen LogP contribution in [-0.2, 0) is 4.79 Å². The van der Waals surface area contributed by atoms with E-state index in [4.69, 9.17) is 15.5 Å². The Morgan fingerprint density at radius 1 is 1.17 bits per heavy atom. The Morgan fingerprint density at radius 2 is 1.88 bits per heavy atom. The lowest BCUT2D eigenvalue weighted by Crippen LogP contribution is -2.56. The molecular weight excluding hydrogens is 518 g/mol. The van der Waals surface area contributed by atoms with Gasteiger partial charge < -0.3 is 30.5 Å². The van der Waals surface area contributed by atoms with Crippen molar-refractivity contribution in [3.8, 4) is 5.75 Å². The molecular formula is C31H47N7O3. The summed E-state index contributed by atoms with van der Waals surface area (Å²) in [6.07, 6.45) is 9.79. The second-order valence-corrected chi connectivity index (χ2v) is 11.6. The molecule has 0 spiro atoms. The van der Waals surface area contributed by atoms with E-state index in [9.17, 15) is 9.59 Å². The number of likely N-dealkylation sites (tertiary alicyclic amines) is 1. The molecule has 1 aliphatic carbocycles. The fraction of sp³-hybridized carbons (Fsp3) is 0.613. The van der Waals surface area contributed by atoms with Crippen LogP contribution < -0.4 is 25.6 Å². The number of aromatic nitrogens is 2. The predicted molar refractivity (Wildman–Crippen MR) is 164 cm³/mol. The van der Waals surface area contributed by atoms with Crippen LogP contribution in [0.15, 0.2) is 24.4 Å². The third-order valence-electron chi connectivity index (χ3n) is 8.82. The van der Waals surface area contributed by atoms with Gasteiger partial charge in [0, 0.05) is 31.7 Å². The number of likely N-dealkylation sites (N-methyl/N-ethyl adjacent to an activating group) is 1. The third kappa shape index (κ3) is 6.58. The van der Waals surface area contributed by atoms with Crippen LogP contribution in [-0.4, -0.2) is 73.1 Å². The van der Waals surface area contributed by atoms with Crippen LogP contribution in [0.2, 0.25) is 0 Å². The van der Waals surface area contributed by atoms with E-state index in [2.05, 4.69) is 41.0 Å². The molecule has 1 saturated heterocycles. The van der Waals surface area contributed by atoms with E-state index in [0.717, 1.165) is 36.9 Å². The first-order chi connectivity index (χ1) is 19.7. The van der Waals surface area contributed by atoms with Gasteiger partial charge >= 0.3 is 0 Å². The summed E-state index contributed by atoms with van der Waals surface area (Å²) >= 11 is 0. The minimum Gasteiger partial charge on any atom is -0.495 e. The zero-order valence-electron chi connectivity index (χ0n) is 25.5. The summed E-state index contributed by atoms with van der Waals surface area (Å²) in [5.74, 6) is 3.26. The van der Waals surface area contributed by atoms with Crippen LogP contribution >= 0.6 is 0 Å². The van der Waals surface area contributed by atoms with Crippen LogP contribution in [0.1, 0.15) is 76.1 Å². The summed E-state index contributed by atoms with van der Waals surface area (Å²) in [4.78, 5) is 40.1. The van der Waals surface area contributed by atoms with Crippen molar-refractivity contribution in [3.05, 3.63) is 30.0 Å². The van der Waals surface area contributed by atoms with Crippen molar-refractivity contribution < 1.29 is 14.3 Å². The molecule has 3 N–H and O–H groups in total. The second kappa shape index (κ2) is 13.5. The van der Waals surface area contributed by atoms with E-state index in [0.29, 0.717) is 35.1 Å². The molecule has 10 heteroatoms. The highest BCUT2D eigenvalue weighted by Crippen LogP contribution is 2.39. The number of nitrogens with two attached hydrogens (primary N) is 1. The highest BCUT2D eigenvalue weighted by Gasteiger charge is 2.40. The van der Waals surface area contributed by atoms with Gasteiger partial charge in [0.05, 0.1) is 19.0 Å². The number of hydrogen-bond donors (Lipinski definition) is 2. The Morgan fingerprint density at radius 3 is 2.46 bits per heavy atom. The van der Waals surface area contributed by atoms with Crippen molar-refractivity contribution in [1.82, 2.24) is 14.9 Å². The molecule has 2 aromatic rings. The lowest BCUT2D eigenvalue weighted by atomic mass is 10.00. The number of methoxy groups -OCH3 is 1. The maximum absolute atomic E-state index is 13.1. The van der Waals surface area contributed by atoms with Gasteiger partial charge in [-0.05, 0) is 69.2 Å². The molecule has 2 unspecified atom stereocenters. The molecule has 1 saturated carbocycles. The Kier molecular flexibility index (Phi) is 10.1. The maximum atomic E-state index is 13.1. The number of ether oxygens (including phenoxy) is 1. The normalized spacial score (nSPS) is 22.5. The van der Waals surface area contributed by atoms with Gasteiger partial charge in [0.1, 0.15) is 17.5 Å². The standard InChI is InChI=1S/C23H32N6O3.C8H15N/c1-6-9-15(7-2)29-17(8-3)22(31)28(4)18-13-25-23(27-21(18)29)26-16-11-10-14(20(24)30)12-19(16)32-5;1-9-5-7-3-2-4-8(7)6-9/h10-13,15,17H,6-9H2,1-5H3,(H2,24,30)(H,25,26,27);7-8H,2-6H2,1H3/t;7-,8+. The number of amides is 2. The van der Waals surface area contributed by atoms with Crippen molar-refractivity contribution in [2.45, 2.75) is 77.8 Å². The lowest BCUT2D eigenvalue weighted by molar-refractivity contribution is -0.120. The van der Waals surface area contributed by atoms with E-state index >= 15 is 0 Å². The topological polar surface area (TPSA) is 117 Å². The van der Waals surface area contributed by atoms with E-state index in [-0.39, 0.29) is 18.0 Å². The van der Waals surface area contributed by atoms with Gasteiger partial charge in [0.15, 0.2) is 5.82 Å². The Bertz CT molecular complexity index is 1210. The number of benzene rings is 1. The number of hydrogen-bond acceptors (Lipinski definition) is 8. The summed E-state index contributed by atoms with van der Waals surface area (Å²) in [6.45, 7) is 9.08. The fourth-order valence-electron chi connectivity index (χ4n) is 6.67. The van der Waals surface area contributed by atoms with Crippen molar-refractivity contribution >= 4 is 35.0 Å². The molecule has 10 nitrogen and oxygen atoms in total. The van der Waals surface area contributed by atoms with Crippen molar-refractivity contribution in [2.75, 3.05) is 49.4 Å². The summed E-state index contributed by atoms with van der Waals surface area (Å²) in [5.41, 5.74) is 7.02. The van der Waals surface area contributed by atoms with Crippen LogP contribution in [0, 0.1) is 11.8 Å². The number of nitrogens with one attached hydrogen (secondary N) is 1. The molecule has 224 valence electrons. The monoisotopic (exact) mass is 565 g/mol. The Balaban J connectivity index is 0.000000360. The van der Waals surface area contributed by atoms with Crippen molar-refractivity contribution in [1.29, 1.82) is 0 Å². The fourth-order valence-corrected chi connectivity index (χ4v) is 6.67. The molecule has 41 heavy (non-hydrogen) atoms. The van der Waals surface area contributed by atoms with E-state index < -0.39 is 5.91 Å². The minimum atomic E-state index is -0.532. The molecule has 2 aliphatic heterocycles. The van der Waals surface area contributed by atoms with E-state index in [1.165, 1.54) is 39.5 Å². The van der Waals surface area contributed by atoms with Crippen LogP contribution in [0.25, 0.3) is 0 Å². The third-order valence-corrected chi connectivity index (χ3v) is 8.82. The molecule has 5 rings (SSSR count). The molecule has 1 aromatic carbocycles. The first kappa shape index (κ1) is 30.6. The van der Waals surface area contributed by atoms with Gasteiger partial charge in [-0.15, -0.1) is 0 Å². The quantitative estimate of drug-likeness (QED) is 0.445. The van der Waals surface area contributed by atoms with Gasteiger partial charge in [-0.3, -0.25) is 9.59 Å². The van der Waals surface area contributed by atoms with Crippen molar-refractivity contribution in [2.24, 2.45) is 17.6 Å². The first-order valence-corrected chi connectivity index (χ1v) is 15.1. The molecule has 2 fully saturated rings. The number of anilines is 4. The second-order valence-electron chi connectivity index (χ2n) is 11.6. The van der Waals surface area contributed by atoms with Crippen LogP contribution in [0.4, 0.5) is 23.1 Å². The van der Waals surface area contributed by atoms with E-state index in [1.54, 1.807) is 36.3 Å². The molecule has 3 heterocycles. The zero-order chi connectivity index (χ0) is 29.7. The SMILES string of the molecule is CCCC(CC)N1c2nc(Nc3ccc(C(N)=O)cc3OC)ncc2N(C)C(=O)C1CC.CN1C[C@H]2CCC[C@H]2C1. The summed E-state index contributed by atoms with van der Waals surface area (Å²) in [5, 5.41) is 3.18.